The lowest BCUT2D eigenvalue weighted by Gasteiger charge is -2.11. The summed E-state index contributed by atoms with van der Waals surface area (Å²) in [6, 6.07) is 13.0. The van der Waals surface area contributed by atoms with E-state index in [1.54, 1.807) is 36.4 Å². The third kappa shape index (κ3) is 3.26. The molecule has 0 radical (unpaired) electrons. The van der Waals surface area contributed by atoms with Gasteiger partial charge in [-0.05, 0) is 49.4 Å². The second-order valence-electron chi connectivity index (χ2n) is 5.24. The Labute approximate surface area is 142 Å². The minimum absolute atomic E-state index is 0.241. The fourth-order valence-corrected chi connectivity index (χ4v) is 2.35. The number of benzene rings is 2. The quantitative estimate of drug-likeness (QED) is 0.775. The number of rotatable bonds is 4. The maximum Gasteiger partial charge on any atom is 0.344 e. The van der Waals surface area contributed by atoms with Gasteiger partial charge >= 0.3 is 5.97 Å². The maximum atomic E-state index is 12.4. The minimum atomic E-state index is -1.08. The first kappa shape index (κ1) is 16.1. The average Bonchev–Trinajstić information content (AvgIpc) is 2.55. The van der Waals surface area contributed by atoms with E-state index in [0.29, 0.717) is 27.5 Å². The van der Waals surface area contributed by atoms with E-state index < -0.39 is 12.1 Å². The molecule has 0 spiro atoms. The largest absolute Gasteiger partial charge is 0.479 e. The molecule has 6 heteroatoms. The summed E-state index contributed by atoms with van der Waals surface area (Å²) in [7, 11) is 0. The number of hydrogen-bond acceptors (Lipinski definition) is 4. The second-order valence-corrected chi connectivity index (χ2v) is 5.67. The van der Waals surface area contributed by atoms with Crippen LogP contribution in [0.1, 0.15) is 6.92 Å². The molecule has 0 aliphatic heterocycles. The SMILES string of the molecule is C[C@H](Oc1ccc2oc(-c3ccc(Cl)cc3)cc(=O)c2c1)C(=O)O. The summed E-state index contributed by atoms with van der Waals surface area (Å²) in [4.78, 5) is 23.2. The van der Waals surface area contributed by atoms with Crippen molar-refractivity contribution in [3.05, 3.63) is 63.8 Å². The number of ether oxygens (including phenoxy) is 1. The van der Waals surface area contributed by atoms with E-state index in [9.17, 15) is 9.59 Å². The molecule has 24 heavy (non-hydrogen) atoms. The minimum Gasteiger partial charge on any atom is -0.479 e. The molecule has 0 saturated heterocycles. The van der Waals surface area contributed by atoms with Crippen molar-refractivity contribution < 1.29 is 19.1 Å². The van der Waals surface area contributed by atoms with Gasteiger partial charge in [0.05, 0.1) is 5.39 Å². The molecule has 1 aromatic heterocycles. The first-order chi connectivity index (χ1) is 11.4. The van der Waals surface area contributed by atoms with Crippen LogP contribution >= 0.6 is 11.6 Å². The standard InChI is InChI=1S/C18H13ClO5/c1-10(18(21)22)23-13-6-7-16-14(8-13)15(20)9-17(24-16)11-2-4-12(19)5-3-11/h2-10H,1H3,(H,21,22)/t10-/m0/s1. The first-order valence-corrected chi connectivity index (χ1v) is 7.55. The van der Waals surface area contributed by atoms with E-state index in [2.05, 4.69) is 0 Å². The predicted molar refractivity (Wildman–Crippen MR) is 90.7 cm³/mol. The molecule has 0 bridgehead atoms. The van der Waals surface area contributed by atoms with E-state index in [1.165, 1.54) is 19.1 Å². The summed E-state index contributed by atoms with van der Waals surface area (Å²) in [5.74, 6) is -0.360. The van der Waals surface area contributed by atoms with Crippen LogP contribution in [0.3, 0.4) is 0 Å². The number of carboxylic acids is 1. The van der Waals surface area contributed by atoms with E-state index in [4.69, 9.17) is 25.9 Å². The van der Waals surface area contributed by atoms with Crippen molar-refractivity contribution in [2.45, 2.75) is 13.0 Å². The lowest BCUT2D eigenvalue weighted by atomic mass is 10.1. The Morgan fingerprint density at radius 1 is 1.17 bits per heavy atom. The Hall–Kier alpha value is -2.79. The average molecular weight is 345 g/mol. The summed E-state index contributed by atoms with van der Waals surface area (Å²) in [6.45, 7) is 1.42. The van der Waals surface area contributed by atoms with Crippen LogP contribution in [0.5, 0.6) is 5.75 Å². The zero-order valence-corrected chi connectivity index (χ0v) is 13.4. The topological polar surface area (TPSA) is 76.7 Å². The molecule has 3 rings (SSSR count). The molecule has 1 N–H and O–H groups in total. The Bertz CT molecular complexity index is 959. The number of halogens is 1. The van der Waals surface area contributed by atoms with Crippen LogP contribution in [-0.4, -0.2) is 17.2 Å². The first-order valence-electron chi connectivity index (χ1n) is 7.17. The lowest BCUT2D eigenvalue weighted by molar-refractivity contribution is -0.144. The molecular formula is C18H13ClO5. The summed E-state index contributed by atoms with van der Waals surface area (Å²) in [5, 5.41) is 9.79. The van der Waals surface area contributed by atoms with Crippen molar-refractivity contribution in [2.24, 2.45) is 0 Å². The van der Waals surface area contributed by atoms with Gasteiger partial charge in [0, 0.05) is 16.7 Å². The summed E-state index contributed by atoms with van der Waals surface area (Å²) in [5.41, 5.74) is 0.885. The Morgan fingerprint density at radius 2 is 1.88 bits per heavy atom. The van der Waals surface area contributed by atoms with Crippen LogP contribution in [0.25, 0.3) is 22.3 Å². The molecule has 0 saturated carbocycles. The molecule has 0 fully saturated rings. The zero-order valence-electron chi connectivity index (χ0n) is 12.7. The third-order valence-electron chi connectivity index (χ3n) is 3.49. The Balaban J connectivity index is 2.02. The van der Waals surface area contributed by atoms with E-state index in [0.717, 1.165) is 5.56 Å². The highest BCUT2D eigenvalue weighted by Crippen LogP contribution is 2.26. The zero-order chi connectivity index (χ0) is 17.3. The molecule has 0 aliphatic rings. The number of carboxylic acid groups (broad SMARTS) is 1. The lowest BCUT2D eigenvalue weighted by Crippen LogP contribution is -2.22. The molecule has 1 heterocycles. The van der Waals surface area contributed by atoms with Crippen LogP contribution in [0.2, 0.25) is 5.02 Å². The van der Waals surface area contributed by atoms with Gasteiger partial charge in [-0.1, -0.05) is 11.6 Å². The molecule has 0 aliphatic carbocycles. The molecule has 122 valence electrons. The number of aliphatic carboxylic acids is 1. The van der Waals surface area contributed by atoms with Crippen molar-refractivity contribution in [3.8, 4) is 17.1 Å². The molecule has 3 aromatic rings. The summed E-state index contributed by atoms with van der Waals surface area (Å²) < 4.78 is 11.0. The molecular weight excluding hydrogens is 332 g/mol. The van der Waals surface area contributed by atoms with Crippen molar-refractivity contribution in [1.82, 2.24) is 0 Å². The molecule has 1 atom stereocenters. The van der Waals surface area contributed by atoms with Gasteiger partial charge in [0.1, 0.15) is 17.1 Å². The van der Waals surface area contributed by atoms with Crippen molar-refractivity contribution in [3.63, 3.8) is 0 Å². The maximum absolute atomic E-state index is 12.4. The van der Waals surface area contributed by atoms with Gasteiger partial charge in [-0.3, -0.25) is 4.79 Å². The van der Waals surface area contributed by atoms with E-state index in [-0.39, 0.29) is 5.43 Å². The van der Waals surface area contributed by atoms with Crippen molar-refractivity contribution >= 4 is 28.5 Å². The van der Waals surface area contributed by atoms with Gasteiger partial charge in [-0.25, -0.2) is 4.79 Å². The molecule has 0 amide bonds. The van der Waals surface area contributed by atoms with Crippen molar-refractivity contribution in [2.75, 3.05) is 0 Å². The number of fused-ring (bicyclic) bond motifs is 1. The highest BCUT2D eigenvalue weighted by Gasteiger charge is 2.14. The van der Waals surface area contributed by atoms with Crippen LogP contribution in [0, 0.1) is 0 Å². The fraction of sp³-hybridized carbons (Fsp3) is 0.111. The van der Waals surface area contributed by atoms with Crippen LogP contribution in [0.15, 0.2) is 57.7 Å². The van der Waals surface area contributed by atoms with Crippen LogP contribution in [0.4, 0.5) is 0 Å². The summed E-state index contributed by atoms with van der Waals surface area (Å²) >= 11 is 5.86. The second kappa shape index (κ2) is 6.37. The summed E-state index contributed by atoms with van der Waals surface area (Å²) in [6.07, 6.45) is -1.01. The third-order valence-corrected chi connectivity index (χ3v) is 3.74. The number of hydrogen-bond donors (Lipinski definition) is 1. The molecule has 0 unspecified atom stereocenters. The molecule has 2 aromatic carbocycles. The van der Waals surface area contributed by atoms with Crippen LogP contribution < -0.4 is 10.2 Å². The Morgan fingerprint density at radius 3 is 2.54 bits per heavy atom. The highest BCUT2D eigenvalue weighted by atomic mass is 35.5. The highest BCUT2D eigenvalue weighted by molar-refractivity contribution is 6.30. The fourth-order valence-electron chi connectivity index (χ4n) is 2.22. The van der Waals surface area contributed by atoms with Gasteiger partial charge in [-0.2, -0.15) is 0 Å². The predicted octanol–water partition coefficient (Wildman–Crippen LogP) is 3.97. The van der Waals surface area contributed by atoms with Crippen LogP contribution in [-0.2, 0) is 4.79 Å². The van der Waals surface area contributed by atoms with E-state index >= 15 is 0 Å². The number of carbonyl (C=O) groups is 1. The smallest absolute Gasteiger partial charge is 0.344 e. The van der Waals surface area contributed by atoms with Gasteiger partial charge in [0.25, 0.3) is 0 Å². The molecule has 5 nitrogen and oxygen atoms in total. The monoisotopic (exact) mass is 344 g/mol. The van der Waals surface area contributed by atoms with Gasteiger partial charge in [0.15, 0.2) is 11.5 Å². The van der Waals surface area contributed by atoms with Gasteiger partial charge in [0.2, 0.25) is 0 Å². The van der Waals surface area contributed by atoms with Gasteiger partial charge < -0.3 is 14.3 Å². The van der Waals surface area contributed by atoms with E-state index in [1.807, 2.05) is 0 Å². The normalized spacial score (nSPS) is 12.1. The Kier molecular flexibility index (Phi) is 4.27. The van der Waals surface area contributed by atoms with Gasteiger partial charge in [-0.15, -0.1) is 0 Å². The van der Waals surface area contributed by atoms with Crippen molar-refractivity contribution in [1.29, 1.82) is 0 Å².